The summed E-state index contributed by atoms with van der Waals surface area (Å²) in [4.78, 5) is 18.2. The van der Waals surface area contributed by atoms with E-state index in [2.05, 4.69) is 52.8 Å². The maximum Gasteiger partial charge on any atom is 0.257 e. The van der Waals surface area contributed by atoms with E-state index in [1.165, 1.54) is 0 Å². The predicted octanol–water partition coefficient (Wildman–Crippen LogP) is 5.81. The number of carbonyl (C=O) groups excluding carboxylic acids is 1. The molecule has 1 aliphatic carbocycles. The summed E-state index contributed by atoms with van der Waals surface area (Å²) in [7, 11) is 0. The fourth-order valence-electron chi connectivity index (χ4n) is 4.01. The first-order chi connectivity index (χ1) is 14.8. The van der Waals surface area contributed by atoms with Crippen LogP contribution in [0.5, 0.6) is 0 Å². The summed E-state index contributed by atoms with van der Waals surface area (Å²) in [5.41, 5.74) is 6.18. The Labute approximate surface area is 179 Å². The van der Waals surface area contributed by atoms with Crippen LogP contribution in [0.3, 0.4) is 0 Å². The minimum Gasteiger partial charge on any atom is -0.325 e. The third kappa shape index (κ3) is 3.58. The number of carbonyl (C=O) groups is 1. The Bertz CT molecular complexity index is 1200. The average Bonchev–Trinajstić information content (AvgIpc) is 3.32. The van der Waals surface area contributed by atoms with Gasteiger partial charge in [-0.05, 0) is 64.4 Å². The highest BCUT2D eigenvalue weighted by Crippen LogP contribution is 2.43. The maximum atomic E-state index is 13.1. The van der Waals surface area contributed by atoms with Crippen LogP contribution >= 0.6 is 11.3 Å². The molecule has 30 heavy (non-hydrogen) atoms. The Morgan fingerprint density at radius 2 is 1.90 bits per heavy atom. The molecule has 1 atom stereocenters. The molecule has 4 heteroatoms. The lowest BCUT2D eigenvalue weighted by Crippen LogP contribution is -2.35. The Hall–Kier alpha value is -3.50. The van der Waals surface area contributed by atoms with E-state index in [1.54, 1.807) is 23.7 Å². The van der Waals surface area contributed by atoms with E-state index < -0.39 is 0 Å². The van der Waals surface area contributed by atoms with Crippen molar-refractivity contribution in [2.24, 2.45) is 5.92 Å². The van der Waals surface area contributed by atoms with Crippen LogP contribution in [0.1, 0.15) is 28.0 Å². The van der Waals surface area contributed by atoms with Crippen molar-refractivity contribution in [1.82, 2.24) is 10.3 Å². The van der Waals surface area contributed by atoms with Gasteiger partial charge in [-0.25, -0.2) is 0 Å². The number of thiophene rings is 1. The summed E-state index contributed by atoms with van der Waals surface area (Å²) >= 11 is 1.61. The van der Waals surface area contributed by atoms with Gasteiger partial charge in [-0.15, -0.1) is 11.3 Å². The smallest absolute Gasteiger partial charge is 0.257 e. The highest BCUT2D eigenvalue weighted by molar-refractivity contribution is 7.11. The zero-order valence-corrected chi connectivity index (χ0v) is 17.1. The summed E-state index contributed by atoms with van der Waals surface area (Å²) in [6.45, 7) is 0. The number of aromatic nitrogens is 1. The molecule has 146 valence electrons. The van der Waals surface area contributed by atoms with Crippen molar-refractivity contribution in [3.8, 4) is 0 Å². The second kappa shape index (κ2) is 8.09. The first-order valence-electron chi connectivity index (χ1n) is 9.94. The standard InChI is InChI=1S/C26H20N2OS/c29-26-25(23-9-4-16-30-23)24(21-7-1-2-8-22(21)28-26)20-6-3-5-19(17-20)11-10-18-12-14-27-15-13-18/h1-6,8-17,21H,7H2,(H,28,29)/b11-10+. The molecule has 3 aromatic rings. The Balaban J connectivity index is 1.61. The molecule has 3 nitrogen and oxygen atoms in total. The lowest BCUT2D eigenvalue weighted by Gasteiger charge is -2.32. The van der Waals surface area contributed by atoms with Crippen molar-refractivity contribution >= 4 is 40.5 Å². The molecule has 1 N–H and O–H groups in total. The molecule has 1 amide bonds. The second-order valence-electron chi connectivity index (χ2n) is 7.30. The van der Waals surface area contributed by atoms with E-state index in [9.17, 15) is 4.79 Å². The van der Waals surface area contributed by atoms with E-state index in [1.807, 2.05) is 41.8 Å². The fourth-order valence-corrected chi connectivity index (χ4v) is 4.79. The lowest BCUT2D eigenvalue weighted by atomic mass is 9.79. The van der Waals surface area contributed by atoms with Crippen LogP contribution in [0.4, 0.5) is 0 Å². The molecule has 0 saturated heterocycles. The van der Waals surface area contributed by atoms with Gasteiger partial charge >= 0.3 is 0 Å². The Morgan fingerprint density at radius 3 is 2.73 bits per heavy atom. The third-order valence-electron chi connectivity index (χ3n) is 5.40. The molecule has 3 heterocycles. The normalized spacial score (nSPS) is 18.3. The Kier molecular flexibility index (Phi) is 4.99. The quantitative estimate of drug-likeness (QED) is 0.591. The molecule has 0 spiro atoms. The van der Waals surface area contributed by atoms with Gasteiger partial charge in [0.15, 0.2) is 0 Å². The van der Waals surface area contributed by atoms with Crippen molar-refractivity contribution in [3.05, 3.63) is 112 Å². The molecule has 1 aliphatic heterocycles. The van der Waals surface area contributed by atoms with Crippen molar-refractivity contribution in [2.45, 2.75) is 6.42 Å². The highest BCUT2D eigenvalue weighted by atomic mass is 32.1. The molecule has 0 bridgehead atoms. The zero-order chi connectivity index (χ0) is 20.3. The molecule has 1 unspecified atom stereocenters. The Morgan fingerprint density at radius 1 is 1.03 bits per heavy atom. The molecular formula is C26H20N2OS. The molecule has 1 aromatic carbocycles. The van der Waals surface area contributed by atoms with Gasteiger partial charge in [-0.1, -0.05) is 48.6 Å². The second-order valence-corrected chi connectivity index (χ2v) is 8.25. The molecule has 0 fully saturated rings. The topological polar surface area (TPSA) is 42.0 Å². The van der Waals surface area contributed by atoms with Gasteiger partial charge in [0.1, 0.15) is 0 Å². The van der Waals surface area contributed by atoms with E-state index in [0.717, 1.165) is 44.8 Å². The first kappa shape index (κ1) is 18.5. The number of amides is 1. The first-order valence-corrected chi connectivity index (χ1v) is 10.8. The number of rotatable bonds is 4. The minimum atomic E-state index is -0.0250. The maximum absolute atomic E-state index is 13.1. The highest BCUT2D eigenvalue weighted by Gasteiger charge is 2.34. The van der Waals surface area contributed by atoms with Gasteiger partial charge in [-0.3, -0.25) is 9.78 Å². The van der Waals surface area contributed by atoms with Crippen LogP contribution in [0, 0.1) is 5.92 Å². The van der Waals surface area contributed by atoms with Crippen molar-refractivity contribution < 1.29 is 4.79 Å². The molecule has 2 aliphatic rings. The van der Waals surface area contributed by atoms with E-state index in [0.29, 0.717) is 0 Å². The largest absolute Gasteiger partial charge is 0.325 e. The van der Waals surface area contributed by atoms with E-state index in [4.69, 9.17) is 0 Å². The van der Waals surface area contributed by atoms with Crippen molar-refractivity contribution in [2.75, 3.05) is 0 Å². The lowest BCUT2D eigenvalue weighted by molar-refractivity contribution is -0.115. The van der Waals surface area contributed by atoms with Crippen LogP contribution < -0.4 is 5.32 Å². The van der Waals surface area contributed by atoms with Gasteiger partial charge in [0.2, 0.25) is 0 Å². The number of nitrogens with one attached hydrogen (secondary N) is 1. The SMILES string of the molecule is O=C1NC2=CC=CCC2C(c2cccc(/C=C/c3ccncc3)c2)=C1c1cccs1. The number of benzene rings is 1. The number of hydrogen-bond acceptors (Lipinski definition) is 3. The van der Waals surface area contributed by atoms with E-state index in [-0.39, 0.29) is 11.8 Å². The van der Waals surface area contributed by atoms with Crippen LogP contribution in [0.15, 0.2) is 90.2 Å². The fraction of sp³-hybridized carbons (Fsp3) is 0.0769. The number of allylic oxidation sites excluding steroid dienone is 4. The number of hydrogen-bond donors (Lipinski definition) is 1. The van der Waals surface area contributed by atoms with Gasteiger partial charge < -0.3 is 5.32 Å². The summed E-state index contributed by atoms with van der Waals surface area (Å²) in [6, 6.07) is 16.4. The molecular weight excluding hydrogens is 388 g/mol. The summed E-state index contributed by atoms with van der Waals surface area (Å²) < 4.78 is 0. The molecule has 0 radical (unpaired) electrons. The van der Waals surface area contributed by atoms with Crippen LogP contribution in [0.2, 0.25) is 0 Å². The van der Waals surface area contributed by atoms with E-state index >= 15 is 0 Å². The van der Waals surface area contributed by atoms with Crippen LogP contribution in [-0.4, -0.2) is 10.9 Å². The number of pyridine rings is 1. The van der Waals surface area contributed by atoms with Gasteiger partial charge in [0.05, 0.1) is 5.57 Å². The van der Waals surface area contributed by atoms with Crippen LogP contribution in [-0.2, 0) is 4.79 Å². The average molecular weight is 409 g/mol. The van der Waals surface area contributed by atoms with Crippen molar-refractivity contribution in [3.63, 3.8) is 0 Å². The minimum absolute atomic E-state index is 0.0250. The van der Waals surface area contributed by atoms with Crippen molar-refractivity contribution in [1.29, 1.82) is 0 Å². The summed E-state index contributed by atoms with van der Waals surface area (Å²) in [6.07, 6.45) is 14.9. The summed E-state index contributed by atoms with van der Waals surface area (Å²) in [5, 5.41) is 5.14. The van der Waals surface area contributed by atoms with Gasteiger partial charge in [-0.2, -0.15) is 0 Å². The number of nitrogens with zero attached hydrogens (tertiary/aromatic N) is 1. The van der Waals surface area contributed by atoms with Gasteiger partial charge in [0.25, 0.3) is 5.91 Å². The molecule has 5 rings (SSSR count). The summed E-state index contributed by atoms with van der Waals surface area (Å²) in [5.74, 6) is 0.132. The van der Waals surface area contributed by atoms with Gasteiger partial charge in [0, 0.05) is 28.9 Å². The predicted molar refractivity (Wildman–Crippen MR) is 124 cm³/mol. The zero-order valence-electron chi connectivity index (χ0n) is 16.3. The third-order valence-corrected chi connectivity index (χ3v) is 6.29. The number of fused-ring (bicyclic) bond motifs is 1. The van der Waals surface area contributed by atoms with Crippen LogP contribution in [0.25, 0.3) is 23.3 Å². The molecule has 0 saturated carbocycles. The molecule has 2 aromatic heterocycles. The monoisotopic (exact) mass is 408 g/mol.